The first kappa shape index (κ1) is 16.5. The summed E-state index contributed by atoms with van der Waals surface area (Å²) < 4.78 is 1.85. The molecule has 0 aromatic carbocycles. The van der Waals surface area contributed by atoms with Gasteiger partial charge in [0.25, 0.3) is 0 Å². The molecular formula is C18H23N3O3. The fourth-order valence-corrected chi connectivity index (χ4v) is 3.52. The highest BCUT2D eigenvalue weighted by molar-refractivity contribution is 5.88. The Balaban J connectivity index is 1.68. The van der Waals surface area contributed by atoms with Crippen LogP contribution >= 0.6 is 0 Å². The molecule has 0 spiro atoms. The lowest BCUT2D eigenvalue weighted by atomic mass is 9.75. The zero-order valence-corrected chi connectivity index (χ0v) is 13.9. The highest BCUT2D eigenvalue weighted by Crippen LogP contribution is 2.34. The van der Waals surface area contributed by atoms with Crippen molar-refractivity contribution >= 4 is 17.5 Å². The van der Waals surface area contributed by atoms with Crippen molar-refractivity contribution in [3.05, 3.63) is 36.3 Å². The molecule has 1 aliphatic carbocycles. The summed E-state index contributed by atoms with van der Waals surface area (Å²) in [6.45, 7) is 2.13. The number of carbonyl (C=O) groups excluding carboxylic acids is 1. The predicted molar refractivity (Wildman–Crippen MR) is 89.7 cm³/mol. The largest absolute Gasteiger partial charge is 0.480 e. The maximum atomic E-state index is 12.4. The van der Waals surface area contributed by atoms with Crippen LogP contribution in [0.3, 0.4) is 0 Å². The Kier molecular flexibility index (Phi) is 4.55. The Hall–Kier alpha value is -2.37. The molecule has 0 radical (unpaired) electrons. The van der Waals surface area contributed by atoms with Crippen molar-refractivity contribution < 1.29 is 14.7 Å². The lowest BCUT2D eigenvalue weighted by Crippen LogP contribution is -2.56. The number of hydrogen-bond acceptors (Lipinski definition) is 3. The van der Waals surface area contributed by atoms with Crippen molar-refractivity contribution in [3.63, 3.8) is 0 Å². The monoisotopic (exact) mass is 329 g/mol. The third kappa shape index (κ3) is 3.27. The minimum absolute atomic E-state index is 0.0912. The first-order valence-electron chi connectivity index (χ1n) is 8.49. The minimum atomic E-state index is -1.12. The quantitative estimate of drug-likeness (QED) is 0.882. The predicted octanol–water partition coefficient (Wildman–Crippen LogP) is 2.42. The first-order chi connectivity index (χ1) is 11.5. The summed E-state index contributed by atoms with van der Waals surface area (Å²) >= 11 is 0. The van der Waals surface area contributed by atoms with Gasteiger partial charge in [-0.15, -0.1) is 0 Å². The van der Waals surface area contributed by atoms with Crippen LogP contribution in [0.4, 0.5) is 0 Å². The van der Waals surface area contributed by atoms with E-state index in [4.69, 9.17) is 0 Å². The number of pyridine rings is 1. The van der Waals surface area contributed by atoms with Crippen molar-refractivity contribution in [2.24, 2.45) is 5.92 Å². The van der Waals surface area contributed by atoms with Crippen LogP contribution in [0.25, 0.3) is 5.65 Å². The Labute approximate surface area is 140 Å². The molecule has 24 heavy (non-hydrogen) atoms. The molecule has 0 unspecified atom stereocenters. The molecule has 6 heteroatoms. The fourth-order valence-electron chi connectivity index (χ4n) is 3.52. The number of aliphatic carboxylic acids is 1. The van der Waals surface area contributed by atoms with Crippen LogP contribution in [0.1, 0.15) is 44.7 Å². The SMILES string of the molecule is CCC1CCC(NC(=O)Cc2cn3ccccc3n2)(C(=O)O)CC1. The fraction of sp³-hybridized carbons (Fsp3) is 0.500. The van der Waals surface area contributed by atoms with Crippen molar-refractivity contribution in [1.82, 2.24) is 14.7 Å². The molecule has 0 bridgehead atoms. The van der Waals surface area contributed by atoms with Gasteiger partial charge in [0.05, 0.1) is 12.1 Å². The number of imidazole rings is 1. The van der Waals surface area contributed by atoms with Gasteiger partial charge in [-0.2, -0.15) is 0 Å². The topological polar surface area (TPSA) is 83.7 Å². The highest BCUT2D eigenvalue weighted by Gasteiger charge is 2.42. The smallest absolute Gasteiger partial charge is 0.329 e. The molecule has 1 saturated carbocycles. The van der Waals surface area contributed by atoms with Crippen LogP contribution in [0.2, 0.25) is 0 Å². The number of carbonyl (C=O) groups is 2. The Morgan fingerprint density at radius 1 is 1.38 bits per heavy atom. The van der Waals surface area contributed by atoms with E-state index >= 15 is 0 Å². The normalized spacial score (nSPS) is 24.0. The van der Waals surface area contributed by atoms with Gasteiger partial charge in [0.15, 0.2) is 0 Å². The molecule has 2 aromatic heterocycles. The average molecular weight is 329 g/mol. The van der Waals surface area contributed by atoms with Gasteiger partial charge in [-0.3, -0.25) is 4.79 Å². The summed E-state index contributed by atoms with van der Waals surface area (Å²) in [6.07, 6.45) is 7.51. The van der Waals surface area contributed by atoms with Crippen molar-refractivity contribution in [1.29, 1.82) is 0 Å². The lowest BCUT2D eigenvalue weighted by molar-refractivity contribution is -0.149. The van der Waals surface area contributed by atoms with Gasteiger partial charge >= 0.3 is 5.97 Å². The molecule has 1 fully saturated rings. The van der Waals surface area contributed by atoms with Crippen LogP contribution in [-0.2, 0) is 16.0 Å². The summed E-state index contributed by atoms with van der Waals surface area (Å²) in [5.74, 6) is -0.649. The van der Waals surface area contributed by atoms with E-state index in [1.807, 2.05) is 28.8 Å². The number of nitrogens with one attached hydrogen (secondary N) is 1. The second-order valence-corrected chi connectivity index (χ2v) is 6.66. The summed E-state index contributed by atoms with van der Waals surface area (Å²) in [5, 5.41) is 12.4. The van der Waals surface area contributed by atoms with Gasteiger partial charge in [0, 0.05) is 12.4 Å². The average Bonchev–Trinajstić information content (AvgIpc) is 2.97. The molecule has 2 N–H and O–H groups in total. The van der Waals surface area contributed by atoms with E-state index in [0.29, 0.717) is 24.5 Å². The van der Waals surface area contributed by atoms with Crippen LogP contribution in [-0.4, -0.2) is 31.9 Å². The molecule has 6 nitrogen and oxygen atoms in total. The number of hydrogen-bond donors (Lipinski definition) is 2. The zero-order chi connectivity index (χ0) is 17.2. The van der Waals surface area contributed by atoms with Gasteiger partial charge in [0.2, 0.25) is 5.91 Å². The molecule has 2 aromatic rings. The second kappa shape index (κ2) is 6.63. The molecular weight excluding hydrogens is 306 g/mol. The number of fused-ring (bicyclic) bond motifs is 1. The Morgan fingerprint density at radius 3 is 2.75 bits per heavy atom. The number of rotatable bonds is 5. The van der Waals surface area contributed by atoms with Crippen molar-refractivity contribution in [3.8, 4) is 0 Å². The first-order valence-corrected chi connectivity index (χ1v) is 8.49. The number of amides is 1. The van der Waals surface area contributed by atoms with E-state index in [1.54, 1.807) is 6.20 Å². The summed E-state index contributed by atoms with van der Waals surface area (Å²) in [7, 11) is 0. The summed E-state index contributed by atoms with van der Waals surface area (Å²) in [5.41, 5.74) is 0.292. The maximum Gasteiger partial charge on any atom is 0.329 e. The van der Waals surface area contributed by atoms with E-state index < -0.39 is 11.5 Å². The van der Waals surface area contributed by atoms with E-state index in [1.165, 1.54) is 0 Å². The molecule has 128 valence electrons. The molecule has 2 heterocycles. The van der Waals surface area contributed by atoms with Crippen LogP contribution in [0, 0.1) is 5.92 Å². The van der Waals surface area contributed by atoms with Crippen molar-refractivity contribution in [2.75, 3.05) is 0 Å². The Bertz CT molecular complexity index is 712. The van der Waals surface area contributed by atoms with Gasteiger partial charge in [-0.25, -0.2) is 9.78 Å². The third-order valence-electron chi connectivity index (χ3n) is 5.08. The maximum absolute atomic E-state index is 12.4. The molecule has 3 rings (SSSR count). The van der Waals surface area contributed by atoms with Gasteiger partial charge in [-0.1, -0.05) is 19.4 Å². The lowest BCUT2D eigenvalue weighted by Gasteiger charge is -2.37. The van der Waals surface area contributed by atoms with E-state index in [2.05, 4.69) is 17.2 Å². The van der Waals surface area contributed by atoms with Gasteiger partial charge < -0.3 is 14.8 Å². The molecule has 0 aliphatic heterocycles. The Morgan fingerprint density at radius 2 is 2.12 bits per heavy atom. The van der Waals surface area contributed by atoms with Crippen LogP contribution < -0.4 is 5.32 Å². The highest BCUT2D eigenvalue weighted by atomic mass is 16.4. The standard InChI is InChI=1S/C18H23N3O3/c1-2-13-6-8-18(9-7-13,17(23)24)20-16(22)11-14-12-21-10-4-3-5-15(21)19-14/h3-5,10,12-13H,2,6-9,11H2,1H3,(H,20,22)(H,23,24). The molecule has 0 atom stereocenters. The van der Waals surface area contributed by atoms with E-state index in [-0.39, 0.29) is 12.3 Å². The van der Waals surface area contributed by atoms with E-state index in [9.17, 15) is 14.7 Å². The second-order valence-electron chi connectivity index (χ2n) is 6.66. The van der Waals surface area contributed by atoms with Gasteiger partial charge in [0.1, 0.15) is 11.2 Å². The number of nitrogens with zero attached hydrogens (tertiary/aromatic N) is 2. The van der Waals surface area contributed by atoms with E-state index in [0.717, 1.165) is 24.9 Å². The van der Waals surface area contributed by atoms with Crippen LogP contribution in [0.15, 0.2) is 30.6 Å². The number of carboxylic acid groups (broad SMARTS) is 1. The summed E-state index contributed by atoms with van der Waals surface area (Å²) in [6, 6.07) is 5.65. The van der Waals surface area contributed by atoms with Crippen molar-refractivity contribution in [2.45, 2.75) is 51.0 Å². The zero-order valence-electron chi connectivity index (χ0n) is 13.9. The number of aromatic nitrogens is 2. The molecule has 0 saturated heterocycles. The van der Waals surface area contributed by atoms with Gasteiger partial charge in [-0.05, 0) is 43.7 Å². The number of carboxylic acids is 1. The molecule has 1 aliphatic rings. The summed E-state index contributed by atoms with van der Waals surface area (Å²) in [4.78, 5) is 28.6. The molecule has 1 amide bonds. The minimum Gasteiger partial charge on any atom is -0.480 e. The van der Waals surface area contributed by atoms with Crippen LogP contribution in [0.5, 0.6) is 0 Å². The third-order valence-corrected chi connectivity index (χ3v) is 5.08.